The molecule has 2 aliphatic rings. The summed E-state index contributed by atoms with van der Waals surface area (Å²) in [6.07, 6.45) is 0. The standard InChI is InChI=1S/C5H2BO8/c7-2-1-11-6(12-3(2)8)13-4(9)5(10)14-6/h1H2/q-1. The number of rotatable bonds is 0. The molecule has 0 N–H and O–H groups in total. The van der Waals surface area contributed by atoms with Crippen molar-refractivity contribution in [1.29, 1.82) is 0 Å². The zero-order valence-electron chi connectivity index (χ0n) is 6.55. The Morgan fingerprint density at radius 1 is 0.857 bits per heavy atom. The van der Waals surface area contributed by atoms with Gasteiger partial charge < -0.3 is 18.6 Å². The lowest BCUT2D eigenvalue weighted by Crippen LogP contribution is -2.54. The molecule has 0 saturated carbocycles. The summed E-state index contributed by atoms with van der Waals surface area (Å²) in [5.74, 6) is -4.87. The van der Waals surface area contributed by atoms with Crippen LogP contribution in [-0.4, -0.2) is 37.3 Å². The second-order valence-electron chi connectivity index (χ2n) is 2.53. The highest BCUT2D eigenvalue weighted by molar-refractivity contribution is 6.70. The van der Waals surface area contributed by atoms with Crippen LogP contribution >= 0.6 is 0 Å². The molecular weight excluding hydrogens is 199 g/mol. The Morgan fingerprint density at radius 2 is 1.36 bits per heavy atom. The van der Waals surface area contributed by atoms with Crippen molar-refractivity contribution in [3.8, 4) is 0 Å². The fourth-order valence-corrected chi connectivity index (χ4v) is 0.966. The van der Waals surface area contributed by atoms with Crippen molar-refractivity contribution in [2.45, 2.75) is 0 Å². The third-order valence-electron chi connectivity index (χ3n) is 1.57. The summed E-state index contributed by atoms with van der Waals surface area (Å²) in [5, 5.41) is 0. The van der Waals surface area contributed by atoms with Crippen LogP contribution in [0.15, 0.2) is 0 Å². The smallest absolute Gasteiger partial charge is 0.590 e. The zero-order valence-corrected chi connectivity index (χ0v) is 6.55. The highest BCUT2D eigenvalue weighted by Crippen LogP contribution is 2.22. The average molecular weight is 201 g/mol. The summed E-state index contributed by atoms with van der Waals surface area (Å²) < 4.78 is 17.3. The minimum atomic E-state index is -3.18. The van der Waals surface area contributed by atoms with Crippen LogP contribution < -0.4 is 0 Å². The largest absolute Gasteiger partial charge is 0.721 e. The minimum Gasteiger partial charge on any atom is -0.590 e. The molecule has 0 aromatic heterocycles. The van der Waals surface area contributed by atoms with Crippen molar-refractivity contribution in [1.82, 2.24) is 0 Å². The van der Waals surface area contributed by atoms with Crippen LogP contribution in [0.3, 0.4) is 0 Å². The Labute approximate surface area is 76.1 Å². The van der Waals surface area contributed by atoms with E-state index < -0.39 is 37.3 Å². The molecule has 2 rings (SSSR count). The van der Waals surface area contributed by atoms with E-state index in [9.17, 15) is 19.2 Å². The van der Waals surface area contributed by atoms with Crippen molar-refractivity contribution in [2.24, 2.45) is 0 Å². The van der Waals surface area contributed by atoms with Crippen LogP contribution in [0.1, 0.15) is 0 Å². The van der Waals surface area contributed by atoms with Gasteiger partial charge in [0.25, 0.3) is 5.78 Å². The summed E-state index contributed by atoms with van der Waals surface area (Å²) in [5.41, 5.74) is 0. The lowest BCUT2D eigenvalue weighted by Gasteiger charge is -2.34. The summed E-state index contributed by atoms with van der Waals surface area (Å²) >= 11 is 0. The third-order valence-corrected chi connectivity index (χ3v) is 1.57. The van der Waals surface area contributed by atoms with Gasteiger partial charge in [-0.1, -0.05) is 0 Å². The molecule has 2 heterocycles. The molecule has 2 fully saturated rings. The van der Waals surface area contributed by atoms with Crippen LogP contribution in [-0.2, 0) is 37.8 Å². The molecule has 0 radical (unpaired) electrons. The highest BCUT2D eigenvalue weighted by atomic mass is 16.9. The predicted molar refractivity (Wildman–Crippen MR) is 35.0 cm³/mol. The van der Waals surface area contributed by atoms with Crippen LogP contribution in [0.4, 0.5) is 0 Å². The number of carbonyl (C=O) groups excluding carboxylic acids is 4. The van der Waals surface area contributed by atoms with Gasteiger partial charge in [0.1, 0.15) is 0 Å². The summed E-state index contributed by atoms with van der Waals surface area (Å²) in [6, 6.07) is 0. The molecule has 0 aromatic rings. The zero-order chi connectivity index (χ0) is 10.3. The number of ketones is 1. The lowest BCUT2D eigenvalue weighted by molar-refractivity contribution is -0.161. The Hall–Kier alpha value is -1.90. The van der Waals surface area contributed by atoms with Gasteiger partial charge in [-0.25, -0.2) is 14.4 Å². The van der Waals surface area contributed by atoms with E-state index in [0.717, 1.165) is 0 Å². The molecule has 0 atom stereocenters. The Kier molecular flexibility index (Phi) is 1.58. The van der Waals surface area contributed by atoms with Gasteiger partial charge in [-0.15, -0.1) is 0 Å². The Bertz CT molecular complexity index is 343. The second kappa shape index (κ2) is 2.55. The third kappa shape index (κ3) is 1.14. The minimum absolute atomic E-state index is 0.653. The van der Waals surface area contributed by atoms with Crippen molar-refractivity contribution in [3.63, 3.8) is 0 Å². The normalized spacial score (nSPS) is 24.6. The topological polar surface area (TPSA) is 105 Å². The SMILES string of the molecule is O=C1CO[B-]2(OC1=O)OC(=O)C(=O)O2. The highest BCUT2D eigenvalue weighted by Gasteiger charge is 2.55. The maximum atomic E-state index is 10.7. The van der Waals surface area contributed by atoms with E-state index in [1.165, 1.54) is 0 Å². The molecule has 0 aromatic carbocycles. The first-order valence-electron chi connectivity index (χ1n) is 3.51. The molecule has 2 aliphatic heterocycles. The van der Waals surface area contributed by atoms with Gasteiger partial charge in [-0.2, -0.15) is 0 Å². The van der Waals surface area contributed by atoms with E-state index in [1.807, 2.05) is 0 Å². The van der Waals surface area contributed by atoms with Gasteiger partial charge in [-0.05, 0) is 0 Å². The van der Waals surface area contributed by atoms with Crippen LogP contribution in [0, 0.1) is 0 Å². The van der Waals surface area contributed by atoms with E-state index in [2.05, 4.69) is 18.6 Å². The van der Waals surface area contributed by atoms with E-state index in [1.54, 1.807) is 0 Å². The van der Waals surface area contributed by atoms with Crippen molar-refractivity contribution in [3.05, 3.63) is 0 Å². The van der Waals surface area contributed by atoms with Gasteiger partial charge in [-0.3, -0.25) is 4.79 Å². The fourth-order valence-electron chi connectivity index (χ4n) is 0.966. The lowest BCUT2D eigenvalue weighted by atomic mass is 10.0. The van der Waals surface area contributed by atoms with Gasteiger partial charge in [0.15, 0.2) is 0 Å². The van der Waals surface area contributed by atoms with E-state index >= 15 is 0 Å². The fraction of sp³-hybridized carbons (Fsp3) is 0.200. The summed E-state index contributed by atoms with van der Waals surface area (Å²) in [7, 11) is 0. The molecule has 9 heteroatoms. The molecule has 0 amide bonds. The van der Waals surface area contributed by atoms with Crippen LogP contribution in [0.25, 0.3) is 0 Å². The number of hydrogen-bond acceptors (Lipinski definition) is 8. The molecular formula is C5H2BO8-. The monoisotopic (exact) mass is 201 g/mol. The molecule has 0 bridgehead atoms. The first-order valence-corrected chi connectivity index (χ1v) is 3.51. The van der Waals surface area contributed by atoms with E-state index in [0.29, 0.717) is 0 Å². The molecule has 0 unspecified atom stereocenters. The number of Topliss-reactive ketones (excluding diaryl/α,β-unsaturated/α-hetero) is 1. The number of hydrogen-bond donors (Lipinski definition) is 0. The van der Waals surface area contributed by atoms with Crippen molar-refractivity contribution >= 4 is 30.6 Å². The van der Waals surface area contributed by atoms with Gasteiger partial charge in [0.2, 0.25) is 0 Å². The molecule has 8 nitrogen and oxygen atoms in total. The van der Waals surface area contributed by atoms with Crippen LogP contribution in [0.2, 0.25) is 0 Å². The summed E-state index contributed by atoms with van der Waals surface area (Å²) in [6.45, 7) is -3.84. The summed E-state index contributed by atoms with van der Waals surface area (Å²) in [4.78, 5) is 42.6. The molecule has 1 spiro atoms. The van der Waals surface area contributed by atoms with Crippen molar-refractivity contribution in [2.75, 3.05) is 6.61 Å². The van der Waals surface area contributed by atoms with Crippen molar-refractivity contribution < 1.29 is 37.8 Å². The molecule has 2 saturated heterocycles. The van der Waals surface area contributed by atoms with Gasteiger partial charge in [0.05, 0.1) is 6.61 Å². The Balaban J connectivity index is 2.20. The molecule has 0 aliphatic carbocycles. The van der Waals surface area contributed by atoms with E-state index in [-0.39, 0.29) is 0 Å². The molecule has 14 heavy (non-hydrogen) atoms. The second-order valence-corrected chi connectivity index (χ2v) is 2.53. The first kappa shape index (κ1) is 8.69. The Morgan fingerprint density at radius 3 is 1.86 bits per heavy atom. The molecule has 74 valence electrons. The maximum Gasteiger partial charge on any atom is 0.721 e. The predicted octanol–water partition coefficient (Wildman–Crippen LogP) is -2.34. The van der Waals surface area contributed by atoms with E-state index in [4.69, 9.17) is 0 Å². The van der Waals surface area contributed by atoms with Crippen LogP contribution in [0.5, 0.6) is 0 Å². The van der Waals surface area contributed by atoms with Gasteiger partial charge >= 0.3 is 24.9 Å². The van der Waals surface area contributed by atoms with Gasteiger partial charge in [0, 0.05) is 0 Å². The quantitative estimate of drug-likeness (QED) is 0.317. The maximum absolute atomic E-state index is 10.7. The first-order chi connectivity index (χ1) is 6.52. The number of carbonyl (C=O) groups is 4. The average Bonchev–Trinajstić information content (AvgIpc) is 2.37.